The third-order valence-electron chi connectivity index (χ3n) is 5.58. The van der Waals surface area contributed by atoms with E-state index in [1.165, 1.54) is 0 Å². The Labute approximate surface area is 218 Å². The van der Waals surface area contributed by atoms with Crippen LogP contribution in [0.1, 0.15) is 39.9 Å². The molecular weight excluding hydrogens is 464 g/mol. The number of nitrogens with two attached hydrogens (primary N) is 1. The first-order valence-electron chi connectivity index (χ1n) is 12.3. The van der Waals surface area contributed by atoms with Crippen molar-refractivity contribution < 1.29 is 4.79 Å². The lowest BCUT2D eigenvalue weighted by atomic mass is 10.1. The molecule has 0 spiro atoms. The van der Waals surface area contributed by atoms with Gasteiger partial charge in [0.15, 0.2) is 0 Å². The van der Waals surface area contributed by atoms with Crippen LogP contribution in [0.25, 0.3) is 0 Å². The summed E-state index contributed by atoms with van der Waals surface area (Å²) in [5.74, 6) is -0.387. The Hall–Kier alpha value is -4.26. The molecule has 0 aliphatic heterocycles. The van der Waals surface area contributed by atoms with E-state index in [-0.39, 0.29) is 5.91 Å². The van der Waals surface area contributed by atoms with Crippen molar-refractivity contribution >= 4 is 5.91 Å². The van der Waals surface area contributed by atoms with Gasteiger partial charge in [0.1, 0.15) is 0 Å². The Balaban J connectivity index is 0.000000206. The van der Waals surface area contributed by atoms with E-state index in [1.807, 2.05) is 67.5 Å². The van der Waals surface area contributed by atoms with Crippen molar-refractivity contribution in [2.24, 2.45) is 5.73 Å². The second kappa shape index (κ2) is 15.7. The highest BCUT2D eigenvalue weighted by Crippen LogP contribution is 2.05. The van der Waals surface area contributed by atoms with E-state index in [0.717, 1.165) is 63.2 Å². The molecule has 0 aliphatic rings. The first-order chi connectivity index (χ1) is 18.1. The maximum atomic E-state index is 11.1. The highest BCUT2D eigenvalue weighted by atomic mass is 16.1. The van der Waals surface area contributed by atoms with E-state index in [2.05, 4.69) is 35.8 Å². The van der Waals surface area contributed by atoms with E-state index >= 15 is 0 Å². The fourth-order valence-corrected chi connectivity index (χ4v) is 3.66. The minimum atomic E-state index is -0.387. The number of hydrogen-bond donors (Lipinski definition) is 3. The molecule has 4 N–H and O–H groups in total. The van der Waals surface area contributed by atoms with Gasteiger partial charge in [-0.25, -0.2) is 9.97 Å². The summed E-state index contributed by atoms with van der Waals surface area (Å²) in [6.07, 6.45) is 13.2. The number of nitrogens with one attached hydrogen (secondary N) is 2. The van der Waals surface area contributed by atoms with Crippen LogP contribution in [0, 0.1) is 11.3 Å². The minimum Gasteiger partial charge on any atom is -0.366 e. The molecule has 4 aromatic rings. The van der Waals surface area contributed by atoms with Crippen LogP contribution >= 0.6 is 0 Å². The van der Waals surface area contributed by atoms with Gasteiger partial charge in [-0.1, -0.05) is 24.3 Å². The van der Waals surface area contributed by atoms with E-state index in [0.29, 0.717) is 11.1 Å². The Kier molecular flexibility index (Phi) is 11.6. The summed E-state index contributed by atoms with van der Waals surface area (Å²) in [5, 5.41) is 15.5. The molecule has 2 aromatic carbocycles. The predicted molar refractivity (Wildman–Crippen MR) is 143 cm³/mol. The summed E-state index contributed by atoms with van der Waals surface area (Å²) in [5.41, 5.74) is 8.73. The number of imidazole rings is 2. The molecule has 9 heteroatoms. The van der Waals surface area contributed by atoms with Crippen molar-refractivity contribution in [1.29, 1.82) is 5.26 Å². The molecule has 0 unspecified atom stereocenters. The van der Waals surface area contributed by atoms with E-state index in [1.54, 1.807) is 18.5 Å². The number of hydrogen-bond acceptors (Lipinski definition) is 6. The zero-order chi connectivity index (χ0) is 26.1. The SMILES string of the molecule is N#Cc1cccc(CNCCCn2ccnc2)c1.NC(=O)c1cccc(CNCCCn2ccnc2)c1. The number of carbonyl (C=O) groups excluding carboxylic acids is 1. The Morgan fingerprint density at radius 2 is 1.43 bits per heavy atom. The van der Waals surface area contributed by atoms with Gasteiger partial charge < -0.3 is 25.5 Å². The molecule has 0 bridgehead atoms. The lowest BCUT2D eigenvalue weighted by Gasteiger charge is -2.06. The number of nitrogens with zero attached hydrogens (tertiary/aromatic N) is 5. The highest BCUT2D eigenvalue weighted by Gasteiger charge is 2.01. The van der Waals surface area contributed by atoms with Gasteiger partial charge in [-0.15, -0.1) is 0 Å². The monoisotopic (exact) mass is 498 g/mol. The quantitative estimate of drug-likeness (QED) is 0.243. The molecular formula is C28H34N8O. The molecule has 0 radical (unpaired) electrons. The van der Waals surface area contributed by atoms with Gasteiger partial charge in [-0.05, 0) is 61.3 Å². The molecule has 9 nitrogen and oxygen atoms in total. The fraction of sp³-hybridized carbons (Fsp3) is 0.286. The number of amides is 1. The standard InChI is InChI=1S/C14H18N4O.C14H16N4/c15-14(19)13-4-1-3-12(9-13)10-16-5-2-7-18-8-6-17-11-18;15-10-13-3-1-4-14(9-13)11-16-5-2-7-18-8-6-17-12-18/h1,3-4,6,8-9,11,16H,2,5,7,10H2,(H2,15,19);1,3-4,6,8-9,12,16H,2,5,7,11H2. The van der Waals surface area contributed by atoms with Crippen molar-refractivity contribution in [2.45, 2.75) is 39.0 Å². The number of aryl methyl sites for hydroxylation is 2. The summed E-state index contributed by atoms with van der Waals surface area (Å²) in [6.45, 7) is 5.35. The smallest absolute Gasteiger partial charge is 0.248 e. The summed E-state index contributed by atoms with van der Waals surface area (Å²) in [7, 11) is 0. The van der Waals surface area contributed by atoms with Gasteiger partial charge in [0, 0.05) is 56.5 Å². The Morgan fingerprint density at radius 1 is 0.865 bits per heavy atom. The van der Waals surface area contributed by atoms with E-state index in [9.17, 15) is 4.79 Å². The molecule has 1 amide bonds. The number of rotatable bonds is 13. The van der Waals surface area contributed by atoms with Gasteiger partial charge in [-0.3, -0.25) is 4.79 Å². The highest BCUT2D eigenvalue weighted by molar-refractivity contribution is 5.92. The van der Waals surface area contributed by atoms with Crippen LogP contribution in [0.3, 0.4) is 0 Å². The topological polar surface area (TPSA) is 127 Å². The first-order valence-corrected chi connectivity index (χ1v) is 12.3. The van der Waals surface area contributed by atoms with Crippen molar-refractivity contribution in [1.82, 2.24) is 29.7 Å². The molecule has 2 aromatic heterocycles. The zero-order valence-corrected chi connectivity index (χ0v) is 21.0. The number of carbonyl (C=O) groups is 1. The summed E-state index contributed by atoms with van der Waals surface area (Å²) < 4.78 is 4.12. The fourth-order valence-electron chi connectivity index (χ4n) is 3.66. The maximum absolute atomic E-state index is 11.1. The van der Waals surface area contributed by atoms with Gasteiger partial charge in [0.25, 0.3) is 0 Å². The van der Waals surface area contributed by atoms with Crippen LogP contribution in [0.15, 0.2) is 86.0 Å². The molecule has 0 atom stereocenters. The van der Waals surface area contributed by atoms with Crippen molar-refractivity contribution in [3.05, 3.63) is 108 Å². The van der Waals surface area contributed by atoms with Gasteiger partial charge in [0.2, 0.25) is 5.91 Å². The lowest BCUT2D eigenvalue weighted by molar-refractivity contribution is 0.1000. The maximum Gasteiger partial charge on any atom is 0.248 e. The predicted octanol–water partition coefficient (Wildman–Crippen LogP) is 3.10. The van der Waals surface area contributed by atoms with E-state index in [4.69, 9.17) is 11.0 Å². The third kappa shape index (κ3) is 10.5. The van der Waals surface area contributed by atoms with Crippen LogP contribution in [0.5, 0.6) is 0 Å². The summed E-state index contributed by atoms with van der Waals surface area (Å²) in [6, 6.07) is 17.2. The summed E-state index contributed by atoms with van der Waals surface area (Å²) in [4.78, 5) is 19.0. The van der Waals surface area contributed by atoms with Gasteiger partial charge in [0.05, 0.1) is 24.3 Å². The molecule has 0 fully saturated rings. The van der Waals surface area contributed by atoms with Crippen LogP contribution < -0.4 is 16.4 Å². The molecule has 192 valence electrons. The molecule has 0 aliphatic carbocycles. The Bertz CT molecular complexity index is 1230. The van der Waals surface area contributed by atoms with Crippen LogP contribution in [0.4, 0.5) is 0 Å². The van der Waals surface area contributed by atoms with Crippen LogP contribution in [0.2, 0.25) is 0 Å². The summed E-state index contributed by atoms with van der Waals surface area (Å²) >= 11 is 0. The van der Waals surface area contributed by atoms with Crippen molar-refractivity contribution in [2.75, 3.05) is 13.1 Å². The zero-order valence-electron chi connectivity index (χ0n) is 21.0. The lowest BCUT2D eigenvalue weighted by Crippen LogP contribution is -2.17. The average Bonchev–Trinajstić information content (AvgIpc) is 3.64. The van der Waals surface area contributed by atoms with Crippen molar-refractivity contribution in [3.8, 4) is 6.07 Å². The van der Waals surface area contributed by atoms with E-state index < -0.39 is 0 Å². The minimum absolute atomic E-state index is 0.387. The molecule has 2 heterocycles. The largest absolute Gasteiger partial charge is 0.366 e. The molecule has 0 saturated heterocycles. The van der Waals surface area contributed by atoms with Gasteiger partial charge in [-0.2, -0.15) is 5.26 Å². The molecule has 0 saturated carbocycles. The first kappa shape index (κ1) is 27.3. The van der Waals surface area contributed by atoms with Gasteiger partial charge >= 0.3 is 0 Å². The Morgan fingerprint density at radius 3 is 1.95 bits per heavy atom. The molecule has 4 rings (SSSR count). The normalized spacial score (nSPS) is 10.4. The average molecular weight is 499 g/mol. The number of aromatic nitrogens is 4. The number of benzene rings is 2. The van der Waals surface area contributed by atoms with Crippen molar-refractivity contribution in [3.63, 3.8) is 0 Å². The number of nitriles is 1. The second-order valence-corrected chi connectivity index (χ2v) is 8.54. The van der Waals surface area contributed by atoms with Crippen LogP contribution in [-0.2, 0) is 26.2 Å². The number of primary amides is 1. The third-order valence-corrected chi connectivity index (χ3v) is 5.58. The molecule has 37 heavy (non-hydrogen) atoms. The van der Waals surface area contributed by atoms with Crippen LogP contribution in [-0.4, -0.2) is 38.1 Å². The second-order valence-electron chi connectivity index (χ2n) is 8.54.